The largest absolute Gasteiger partial charge is 0.493 e. The minimum atomic E-state index is -3.41. The van der Waals surface area contributed by atoms with Crippen molar-refractivity contribution in [2.24, 2.45) is 0 Å². The van der Waals surface area contributed by atoms with Gasteiger partial charge in [0, 0.05) is 43.9 Å². The molecule has 3 aromatic heterocycles. The maximum Gasteiger partial charge on any atom is 0.266 e. The van der Waals surface area contributed by atoms with Gasteiger partial charge in [0.15, 0.2) is 0 Å². The number of fused-ring (bicyclic) bond motifs is 2. The molecule has 18 heteroatoms. The first-order chi connectivity index (χ1) is 30.0. The summed E-state index contributed by atoms with van der Waals surface area (Å²) in [5.74, 6) is -0.442. The average molecular weight is 863 g/mol. The van der Waals surface area contributed by atoms with E-state index in [0.717, 1.165) is 104 Å². The second-order valence-corrected chi connectivity index (χ2v) is 17.6. The molecule has 17 nitrogen and oxygen atoms in total. The summed E-state index contributed by atoms with van der Waals surface area (Å²) < 4.78 is 33.8. The van der Waals surface area contributed by atoms with Crippen LogP contribution in [0.1, 0.15) is 78.5 Å². The zero-order valence-electron chi connectivity index (χ0n) is 34.6. The highest BCUT2D eigenvalue weighted by atomic mass is 32.2. The zero-order valence-corrected chi connectivity index (χ0v) is 35.4. The van der Waals surface area contributed by atoms with Crippen molar-refractivity contribution in [2.45, 2.75) is 63.8 Å². The number of carbonyl (C=O) groups is 4. The first kappa shape index (κ1) is 42.3. The van der Waals surface area contributed by atoms with Gasteiger partial charge in [-0.25, -0.2) is 22.9 Å². The topological polar surface area (TPSA) is 201 Å². The number of imide groups is 2. The highest BCUT2D eigenvalue weighted by Crippen LogP contribution is 2.34. The number of aromatic nitrogens is 4. The van der Waals surface area contributed by atoms with Gasteiger partial charge in [0.1, 0.15) is 17.6 Å². The molecule has 2 fully saturated rings. The molecule has 0 radical (unpaired) electrons. The molecule has 4 amide bonds. The minimum Gasteiger partial charge on any atom is -0.493 e. The van der Waals surface area contributed by atoms with Gasteiger partial charge in [0.2, 0.25) is 27.8 Å². The van der Waals surface area contributed by atoms with E-state index in [-0.39, 0.29) is 24.0 Å². The van der Waals surface area contributed by atoms with Crippen LogP contribution in [0, 0.1) is 0 Å². The van der Waals surface area contributed by atoms with Gasteiger partial charge in [0.25, 0.3) is 11.8 Å². The Labute approximate surface area is 359 Å². The van der Waals surface area contributed by atoms with Crippen LogP contribution >= 0.6 is 0 Å². The summed E-state index contributed by atoms with van der Waals surface area (Å²) >= 11 is 0. The standard InChI is InChI=1S/C44H50N10O7S/c1-62(59,60)50-31-12-9-11-30(27-31)35-17-16-33-29-46-44(49-54(33)35)47-32-15-19-38(45-28-32)52-24-22-51(23-25-52)21-7-5-3-2-4-6-8-26-61-37-14-10-13-34-40(37)43(58)53(42(34)57)36-18-20-39(55)48-41(36)56/h9-17,19,27-29,36,50H,2-8,18,20-26H2,1H3,(H,47,49)(H,48,55,56). The monoisotopic (exact) mass is 862 g/mol. The first-order valence-electron chi connectivity index (χ1n) is 21.1. The van der Waals surface area contributed by atoms with Gasteiger partial charge in [-0.3, -0.25) is 39.0 Å². The predicted molar refractivity (Wildman–Crippen MR) is 234 cm³/mol. The Morgan fingerprint density at radius 2 is 1.58 bits per heavy atom. The third-order valence-corrected chi connectivity index (χ3v) is 12.0. The van der Waals surface area contributed by atoms with E-state index in [9.17, 15) is 27.6 Å². The molecule has 5 aromatic rings. The summed E-state index contributed by atoms with van der Waals surface area (Å²) in [7, 11) is -3.41. The number of hydrogen-bond donors (Lipinski definition) is 3. The smallest absolute Gasteiger partial charge is 0.266 e. The SMILES string of the molecule is CS(=O)(=O)Nc1cccc(-c2ccc3cnc(Nc4ccc(N5CCN(CCCCCCCCCOc6cccc7c6C(=O)N(C6CCC(=O)NC6=O)C7=O)CC5)nc4)nn23)c1. The fraction of sp³-hybridized carbons (Fsp3) is 0.386. The van der Waals surface area contributed by atoms with Crippen molar-refractivity contribution < 1.29 is 32.3 Å². The third-order valence-electron chi connectivity index (χ3n) is 11.4. The molecule has 3 aliphatic rings. The average Bonchev–Trinajstić information content (AvgIpc) is 3.79. The fourth-order valence-corrected chi connectivity index (χ4v) is 8.77. The van der Waals surface area contributed by atoms with Gasteiger partial charge in [-0.05, 0) is 74.3 Å². The Morgan fingerprint density at radius 3 is 2.34 bits per heavy atom. The van der Waals surface area contributed by atoms with Crippen molar-refractivity contribution in [2.75, 3.05) is 60.5 Å². The summed E-state index contributed by atoms with van der Waals surface area (Å²) in [6, 6.07) is 18.9. The van der Waals surface area contributed by atoms with E-state index >= 15 is 0 Å². The van der Waals surface area contributed by atoms with Crippen molar-refractivity contribution in [1.29, 1.82) is 0 Å². The lowest BCUT2D eigenvalue weighted by Crippen LogP contribution is -2.54. The molecule has 3 N–H and O–H groups in total. The van der Waals surface area contributed by atoms with E-state index in [1.165, 1.54) is 12.8 Å². The Bertz CT molecular complexity index is 2570. The highest BCUT2D eigenvalue weighted by molar-refractivity contribution is 7.92. The molecule has 2 aromatic carbocycles. The second kappa shape index (κ2) is 18.7. The number of rotatable bonds is 18. The lowest BCUT2D eigenvalue weighted by atomic mass is 10.0. The quantitative estimate of drug-likeness (QED) is 0.0764. The molecule has 0 bridgehead atoms. The molecule has 3 aliphatic heterocycles. The number of sulfonamides is 1. The lowest BCUT2D eigenvalue weighted by molar-refractivity contribution is -0.136. The minimum absolute atomic E-state index is 0.0759. The number of piperidine rings is 1. The number of unbranched alkanes of at least 4 members (excludes halogenated alkanes) is 6. The first-order valence-corrected chi connectivity index (χ1v) is 23.0. The second-order valence-electron chi connectivity index (χ2n) is 15.9. The van der Waals surface area contributed by atoms with Crippen LogP contribution < -0.4 is 25.0 Å². The number of nitrogens with zero attached hydrogens (tertiary/aromatic N) is 7. The molecule has 0 saturated carbocycles. The molecule has 1 unspecified atom stereocenters. The highest BCUT2D eigenvalue weighted by Gasteiger charge is 2.46. The van der Waals surface area contributed by atoms with Crippen molar-refractivity contribution >= 4 is 62.3 Å². The van der Waals surface area contributed by atoms with Crippen LogP contribution in [0.2, 0.25) is 0 Å². The summed E-state index contributed by atoms with van der Waals surface area (Å²) in [5.41, 5.74) is 4.05. The Morgan fingerprint density at radius 1 is 0.806 bits per heavy atom. The predicted octanol–water partition coefficient (Wildman–Crippen LogP) is 5.24. The van der Waals surface area contributed by atoms with Crippen LogP contribution in [0.3, 0.4) is 0 Å². The van der Waals surface area contributed by atoms with Crippen LogP contribution in [-0.4, -0.2) is 113 Å². The van der Waals surface area contributed by atoms with Gasteiger partial charge in [0.05, 0.1) is 53.3 Å². The maximum atomic E-state index is 13.3. The fourth-order valence-electron chi connectivity index (χ4n) is 8.22. The van der Waals surface area contributed by atoms with Gasteiger partial charge < -0.3 is 15.0 Å². The Kier molecular flexibility index (Phi) is 12.8. The van der Waals surface area contributed by atoms with Crippen LogP contribution in [0.4, 0.5) is 23.1 Å². The number of amides is 4. The molecule has 6 heterocycles. The van der Waals surface area contributed by atoms with E-state index < -0.39 is 39.7 Å². The maximum absolute atomic E-state index is 13.3. The summed E-state index contributed by atoms with van der Waals surface area (Å²) in [4.78, 5) is 65.3. The van der Waals surface area contributed by atoms with E-state index in [1.54, 1.807) is 53.3 Å². The molecule has 62 heavy (non-hydrogen) atoms. The van der Waals surface area contributed by atoms with E-state index in [0.29, 0.717) is 24.0 Å². The lowest BCUT2D eigenvalue weighted by Gasteiger charge is -2.35. The van der Waals surface area contributed by atoms with Crippen molar-refractivity contribution in [3.8, 4) is 17.0 Å². The van der Waals surface area contributed by atoms with Crippen molar-refractivity contribution in [3.63, 3.8) is 0 Å². The zero-order chi connectivity index (χ0) is 43.2. The number of hydrogen-bond acceptors (Lipinski definition) is 13. The number of piperazine rings is 1. The molecule has 1 atom stereocenters. The summed E-state index contributed by atoms with van der Waals surface area (Å²) in [6.07, 6.45) is 12.4. The van der Waals surface area contributed by atoms with Gasteiger partial charge >= 0.3 is 0 Å². The van der Waals surface area contributed by atoms with Crippen molar-refractivity contribution in [3.05, 3.63) is 90.3 Å². The van der Waals surface area contributed by atoms with Crippen LogP contribution in [0.5, 0.6) is 5.75 Å². The van der Waals surface area contributed by atoms with Crippen molar-refractivity contribution in [1.82, 2.24) is 34.7 Å². The van der Waals surface area contributed by atoms with Gasteiger partial charge in [-0.2, -0.15) is 0 Å². The van der Waals surface area contributed by atoms with Crippen LogP contribution in [0.25, 0.3) is 16.8 Å². The van der Waals surface area contributed by atoms with E-state index in [2.05, 4.69) is 30.1 Å². The number of anilines is 4. The normalized spacial score (nSPS) is 17.1. The molecular formula is C44H50N10O7S. The van der Waals surface area contributed by atoms with E-state index in [1.807, 2.05) is 30.3 Å². The molecule has 324 valence electrons. The molecule has 2 saturated heterocycles. The van der Waals surface area contributed by atoms with Crippen LogP contribution in [0.15, 0.2) is 79.1 Å². The number of benzene rings is 2. The molecular weight excluding hydrogens is 813 g/mol. The number of ether oxygens (including phenoxy) is 1. The van der Waals surface area contributed by atoms with E-state index in [4.69, 9.17) is 14.8 Å². The molecule has 0 spiro atoms. The summed E-state index contributed by atoms with van der Waals surface area (Å²) in [5, 5.41) is 10.2. The van der Waals surface area contributed by atoms with Crippen LogP contribution in [-0.2, 0) is 19.6 Å². The van der Waals surface area contributed by atoms with Gasteiger partial charge in [-0.1, -0.05) is 50.3 Å². The Hall–Kier alpha value is -6.40. The molecule has 0 aliphatic carbocycles. The number of carbonyl (C=O) groups excluding carboxylic acids is 4. The molecule has 8 rings (SSSR count). The van der Waals surface area contributed by atoms with Gasteiger partial charge in [-0.15, -0.1) is 5.10 Å². The Balaban J connectivity index is 0.708. The third kappa shape index (κ3) is 9.87. The summed E-state index contributed by atoms with van der Waals surface area (Å²) in [6.45, 7) is 5.30. The number of nitrogens with one attached hydrogen (secondary N) is 3. The number of pyridine rings is 1.